The van der Waals surface area contributed by atoms with E-state index in [1.165, 1.54) is 5.56 Å². The number of benzene rings is 1. The Balaban J connectivity index is 2.36. The van der Waals surface area contributed by atoms with Gasteiger partial charge in [-0.15, -0.1) is 0 Å². The maximum Gasteiger partial charge on any atom is 0.131 e. The quantitative estimate of drug-likeness (QED) is 0.406. The fourth-order valence-electron chi connectivity index (χ4n) is 2.09. The van der Waals surface area contributed by atoms with Gasteiger partial charge in [-0.05, 0) is 25.0 Å². The molecule has 0 fully saturated rings. The first-order valence-electron chi connectivity index (χ1n) is 5.52. The molecule has 0 bridgehead atoms. The first kappa shape index (κ1) is 11.0. The van der Waals surface area contributed by atoms with Crippen molar-refractivity contribution in [3.63, 3.8) is 0 Å². The zero-order valence-electron chi connectivity index (χ0n) is 9.62. The molecule has 1 aliphatic rings. The van der Waals surface area contributed by atoms with Gasteiger partial charge < -0.3 is 10.5 Å². The summed E-state index contributed by atoms with van der Waals surface area (Å²) in [4.78, 5) is 0. The zero-order valence-corrected chi connectivity index (χ0v) is 9.62. The number of oxime groups is 1. The van der Waals surface area contributed by atoms with Crippen LogP contribution < -0.4 is 10.6 Å². The fourth-order valence-corrected chi connectivity index (χ4v) is 2.09. The molecule has 4 heteroatoms. The highest BCUT2D eigenvalue weighted by atomic mass is 16.4. The van der Waals surface area contributed by atoms with Crippen molar-refractivity contribution in [3.05, 3.63) is 29.8 Å². The van der Waals surface area contributed by atoms with E-state index in [2.05, 4.69) is 28.8 Å². The summed E-state index contributed by atoms with van der Waals surface area (Å²) in [6.07, 6.45) is 0.817. The minimum absolute atomic E-state index is 0.427. The molecule has 4 nitrogen and oxygen atoms in total. The predicted molar refractivity (Wildman–Crippen MR) is 64.8 cm³/mol. The van der Waals surface area contributed by atoms with Crippen molar-refractivity contribution >= 4 is 11.4 Å². The van der Waals surface area contributed by atoms with Crippen LogP contribution in [-0.2, 0) is 6.54 Å². The van der Waals surface area contributed by atoms with Gasteiger partial charge in [-0.2, -0.15) is 0 Å². The maximum atomic E-state index is 8.94. The summed E-state index contributed by atoms with van der Waals surface area (Å²) < 4.78 is 0. The Bertz CT molecular complexity index is 416. The summed E-state index contributed by atoms with van der Waals surface area (Å²) in [5.74, 6) is 0. The predicted octanol–water partition coefficient (Wildman–Crippen LogP) is 2.16. The van der Waals surface area contributed by atoms with Crippen LogP contribution in [0.3, 0.4) is 0 Å². The first-order valence-corrected chi connectivity index (χ1v) is 5.52. The second-order valence-electron chi connectivity index (χ2n) is 4.08. The number of nitrogens with one attached hydrogen (secondary N) is 2. The van der Waals surface area contributed by atoms with Crippen LogP contribution in [0, 0.1) is 0 Å². The van der Waals surface area contributed by atoms with E-state index < -0.39 is 5.66 Å². The molecule has 1 heterocycles. The Morgan fingerprint density at radius 3 is 2.94 bits per heavy atom. The number of para-hydroxylation sites is 1. The summed E-state index contributed by atoms with van der Waals surface area (Å²) in [6, 6.07) is 8.16. The van der Waals surface area contributed by atoms with Gasteiger partial charge in [-0.25, -0.2) is 0 Å². The summed E-state index contributed by atoms with van der Waals surface area (Å²) in [7, 11) is 0. The molecule has 1 aromatic rings. The summed E-state index contributed by atoms with van der Waals surface area (Å²) in [5, 5.41) is 19.1. The molecule has 3 N–H and O–H groups in total. The van der Waals surface area contributed by atoms with E-state index in [0.29, 0.717) is 5.71 Å². The van der Waals surface area contributed by atoms with Gasteiger partial charge in [0.25, 0.3) is 0 Å². The molecule has 2 rings (SSSR count). The highest BCUT2D eigenvalue weighted by Gasteiger charge is 2.34. The second-order valence-corrected chi connectivity index (χ2v) is 4.08. The van der Waals surface area contributed by atoms with Gasteiger partial charge in [0.2, 0.25) is 0 Å². The van der Waals surface area contributed by atoms with Crippen molar-refractivity contribution < 1.29 is 5.21 Å². The van der Waals surface area contributed by atoms with Crippen LogP contribution in [0.25, 0.3) is 0 Å². The molecule has 0 radical (unpaired) electrons. The minimum Gasteiger partial charge on any atom is -0.411 e. The lowest BCUT2D eigenvalue weighted by atomic mass is 9.96. The number of anilines is 1. The van der Waals surface area contributed by atoms with Crippen molar-refractivity contribution in [1.82, 2.24) is 5.32 Å². The SMILES string of the molecule is CCC1(C(C)=NO)NCc2ccccc2N1. The van der Waals surface area contributed by atoms with E-state index >= 15 is 0 Å². The minimum atomic E-state index is -0.427. The average Bonchev–Trinajstić information content (AvgIpc) is 2.37. The van der Waals surface area contributed by atoms with Crippen molar-refractivity contribution in [1.29, 1.82) is 0 Å². The van der Waals surface area contributed by atoms with Gasteiger partial charge in [0.1, 0.15) is 5.66 Å². The monoisotopic (exact) mass is 219 g/mol. The highest BCUT2D eigenvalue weighted by molar-refractivity contribution is 5.93. The molecule has 1 aromatic carbocycles. The van der Waals surface area contributed by atoms with Crippen LogP contribution in [0.1, 0.15) is 25.8 Å². The number of hydrogen-bond donors (Lipinski definition) is 3. The van der Waals surface area contributed by atoms with E-state index in [4.69, 9.17) is 5.21 Å². The first-order chi connectivity index (χ1) is 7.72. The smallest absolute Gasteiger partial charge is 0.131 e. The molecule has 0 amide bonds. The molecule has 1 unspecified atom stereocenters. The third-order valence-corrected chi connectivity index (χ3v) is 3.24. The van der Waals surface area contributed by atoms with Gasteiger partial charge >= 0.3 is 0 Å². The standard InChI is InChI=1S/C12H17N3O/c1-3-12(9(2)15-16)13-8-10-6-4-5-7-11(10)14-12/h4-7,13-14,16H,3,8H2,1-2H3. The largest absolute Gasteiger partial charge is 0.411 e. The van der Waals surface area contributed by atoms with Gasteiger partial charge in [0.15, 0.2) is 0 Å². The molecule has 1 aliphatic heterocycles. The van der Waals surface area contributed by atoms with Crippen molar-refractivity contribution in [2.45, 2.75) is 32.5 Å². The van der Waals surface area contributed by atoms with Crippen LogP contribution in [0.5, 0.6) is 0 Å². The highest BCUT2D eigenvalue weighted by Crippen LogP contribution is 2.27. The topological polar surface area (TPSA) is 56.7 Å². The van der Waals surface area contributed by atoms with E-state index in [1.807, 2.05) is 25.1 Å². The Hall–Kier alpha value is -1.55. The molecular formula is C12H17N3O. The third-order valence-electron chi connectivity index (χ3n) is 3.24. The van der Waals surface area contributed by atoms with Crippen LogP contribution in [0.15, 0.2) is 29.4 Å². The molecule has 1 atom stereocenters. The molecule has 0 saturated carbocycles. The Labute approximate surface area is 95.4 Å². The molecule has 0 aromatic heterocycles. The van der Waals surface area contributed by atoms with E-state index in [9.17, 15) is 0 Å². The summed E-state index contributed by atoms with van der Waals surface area (Å²) >= 11 is 0. The normalized spacial score (nSPS) is 24.8. The van der Waals surface area contributed by atoms with Crippen LogP contribution in [-0.4, -0.2) is 16.6 Å². The lowest BCUT2D eigenvalue weighted by molar-refractivity contribution is 0.307. The number of rotatable bonds is 2. The van der Waals surface area contributed by atoms with Gasteiger partial charge in [0.05, 0.1) is 5.71 Å². The van der Waals surface area contributed by atoms with E-state index in [0.717, 1.165) is 18.7 Å². The van der Waals surface area contributed by atoms with Gasteiger partial charge in [-0.1, -0.05) is 30.3 Å². The van der Waals surface area contributed by atoms with Crippen LogP contribution >= 0.6 is 0 Å². The number of fused-ring (bicyclic) bond motifs is 1. The van der Waals surface area contributed by atoms with Gasteiger partial charge in [-0.3, -0.25) is 5.32 Å². The Morgan fingerprint density at radius 1 is 1.50 bits per heavy atom. The van der Waals surface area contributed by atoms with Crippen molar-refractivity contribution in [3.8, 4) is 0 Å². The third kappa shape index (κ3) is 1.65. The zero-order chi connectivity index (χ0) is 11.6. The average molecular weight is 219 g/mol. The Morgan fingerprint density at radius 2 is 2.25 bits per heavy atom. The second kappa shape index (κ2) is 4.14. The molecule has 16 heavy (non-hydrogen) atoms. The fraction of sp³-hybridized carbons (Fsp3) is 0.417. The molecule has 86 valence electrons. The Kier molecular flexibility index (Phi) is 2.83. The van der Waals surface area contributed by atoms with Crippen molar-refractivity contribution in [2.24, 2.45) is 5.16 Å². The van der Waals surface area contributed by atoms with Crippen LogP contribution in [0.2, 0.25) is 0 Å². The molecular weight excluding hydrogens is 202 g/mol. The number of hydrogen-bond acceptors (Lipinski definition) is 4. The molecule has 0 aliphatic carbocycles. The molecule has 0 spiro atoms. The van der Waals surface area contributed by atoms with E-state index in [1.54, 1.807) is 0 Å². The lowest BCUT2D eigenvalue weighted by Crippen LogP contribution is -2.58. The summed E-state index contributed by atoms with van der Waals surface area (Å²) in [6.45, 7) is 4.66. The van der Waals surface area contributed by atoms with Crippen LogP contribution in [0.4, 0.5) is 5.69 Å². The molecule has 0 saturated heterocycles. The number of nitrogens with zero attached hydrogens (tertiary/aromatic N) is 1. The lowest BCUT2D eigenvalue weighted by Gasteiger charge is -2.39. The van der Waals surface area contributed by atoms with Gasteiger partial charge in [0, 0.05) is 12.2 Å². The summed E-state index contributed by atoms with van der Waals surface area (Å²) in [5.41, 5.74) is 2.57. The van der Waals surface area contributed by atoms with E-state index in [-0.39, 0.29) is 0 Å². The van der Waals surface area contributed by atoms with Crippen molar-refractivity contribution in [2.75, 3.05) is 5.32 Å². The maximum absolute atomic E-state index is 8.94.